The fraction of sp³-hybridized carbons (Fsp3) is 0.375. The van der Waals surface area contributed by atoms with Gasteiger partial charge < -0.3 is 19.3 Å². The number of hydrogen-bond acceptors (Lipinski definition) is 5. The molecule has 2 heterocycles. The Balaban J connectivity index is 2.05. The fourth-order valence-electron chi connectivity index (χ4n) is 2.83. The largest absolute Gasteiger partial charge is 0.478 e. The topological polar surface area (TPSA) is 75.8 Å². The minimum atomic E-state index is -0.945. The van der Waals surface area contributed by atoms with Gasteiger partial charge in [-0.1, -0.05) is 11.2 Å². The van der Waals surface area contributed by atoms with E-state index in [2.05, 4.69) is 5.16 Å². The summed E-state index contributed by atoms with van der Waals surface area (Å²) >= 11 is 0. The quantitative estimate of drug-likeness (QED) is 0.939. The van der Waals surface area contributed by atoms with Crippen LogP contribution in [-0.4, -0.2) is 35.4 Å². The molecule has 22 heavy (non-hydrogen) atoms. The summed E-state index contributed by atoms with van der Waals surface area (Å²) in [5.74, 6) is 0.413. The molecule has 1 N–H and O–H groups in total. The zero-order chi connectivity index (χ0) is 15.9. The third kappa shape index (κ3) is 2.30. The van der Waals surface area contributed by atoms with Crippen LogP contribution in [0.4, 0.5) is 5.69 Å². The van der Waals surface area contributed by atoms with Gasteiger partial charge in [-0.15, -0.1) is 0 Å². The number of carboxylic acids is 1. The maximum Gasteiger partial charge on any atom is 0.346 e. The van der Waals surface area contributed by atoms with E-state index in [0.29, 0.717) is 18.8 Å². The molecule has 2 aromatic rings. The summed E-state index contributed by atoms with van der Waals surface area (Å²) < 4.78 is 10.8. The Morgan fingerprint density at radius 3 is 2.82 bits per heavy atom. The fourth-order valence-corrected chi connectivity index (χ4v) is 2.83. The molecule has 1 atom stereocenters. The second-order valence-electron chi connectivity index (χ2n) is 5.37. The molecular weight excluding hydrogens is 284 g/mol. The van der Waals surface area contributed by atoms with Gasteiger partial charge in [-0.3, -0.25) is 0 Å². The zero-order valence-corrected chi connectivity index (χ0v) is 12.8. The summed E-state index contributed by atoms with van der Waals surface area (Å²) in [6.45, 7) is 6.83. The van der Waals surface area contributed by atoms with Crippen molar-refractivity contribution in [2.24, 2.45) is 0 Å². The number of aliphatic carboxylic acids is 1. The van der Waals surface area contributed by atoms with Crippen molar-refractivity contribution in [3.63, 3.8) is 0 Å². The monoisotopic (exact) mass is 302 g/mol. The van der Waals surface area contributed by atoms with Crippen LogP contribution in [0.15, 0.2) is 22.7 Å². The summed E-state index contributed by atoms with van der Waals surface area (Å²) in [5, 5.41) is 13.2. The molecule has 0 saturated carbocycles. The van der Waals surface area contributed by atoms with Crippen LogP contribution in [-0.2, 0) is 4.79 Å². The molecule has 1 aromatic carbocycles. The predicted molar refractivity (Wildman–Crippen MR) is 81.4 cm³/mol. The second-order valence-corrected chi connectivity index (χ2v) is 5.37. The van der Waals surface area contributed by atoms with Crippen molar-refractivity contribution in [1.29, 1.82) is 0 Å². The summed E-state index contributed by atoms with van der Waals surface area (Å²) in [5.41, 5.74) is 3.70. The van der Waals surface area contributed by atoms with Crippen molar-refractivity contribution in [2.75, 3.05) is 18.0 Å². The van der Waals surface area contributed by atoms with E-state index in [-0.39, 0.29) is 0 Å². The minimum Gasteiger partial charge on any atom is -0.478 e. The van der Waals surface area contributed by atoms with Crippen molar-refractivity contribution in [3.05, 3.63) is 29.7 Å². The van der Waals surface area contributed by atoms with E-state index in [1.807, 2.05) is 43.9 Å². The number of benzene rings is 1. The number of aryl methyl sites for hydroxylation is 2. The average Bonchev–Trinajstić information content (AvgIpc) is 2.84. The highest BCUT2D eigenvalue weighted by Gasteiger charge is 2.30. The Hall–Kier alpha value is -2.50. The van der Waals surface area contributed by atoms with Crippen molar-refractivity contribution in [2.45, 2.75) is 26.9 Å². The number of aromatic nitrogens is 1. The zero-order valence-electron chi connectivity index (χ0n) is 12.8. The number of rotatable bonds is 3. The van der Waals surface area contributed by atoms with Gasteiger partial charge in [0.15, 0.2) is 0 Å². The van der Waals surface area contributed by atoms with E-state index >= 15 is 0 Å². The second kappa shape index (κ2) is 5.36. The van der Waals surface area contributed by atoms with E-state index < -0.39 is 12.1 Å². The lowest BCUT2D eigenvalue weighted by molar-refractivity contribution is -0.144. The highest BCUT2D eigenvalue weighted by Crippen LogP contribution is 2.38. The number of fused-ring (bicyclic) bond motifs is 1. The number of likely N-dealkylation sites (N-methyl/N-ethyl adjacent to an activating group) is 1. The maximum absolute atomic E-state index is 11.2. The van der Waals surface area contributed by atoms with Gasteiger partial charge in [0.2, 0.25) is 6.10 Å². The molecule has 0 aliphatic carbocycles. The van der Waals surface area contributed by atoms with Gasteiger partial charge >= 0.3 is 5.97 Å². The van der Waals surface area contributed by atoms with Crippen LogP contribution in [0.5, 0.6) is 5.75 Å². The third-order valence-corrected chi connectivity index (χ3v) is 3.93. The van der Waals surface area contributed by atoms with Crippen molar-refractivity contribution in [1.82, 2.24) is 5.16 Å². The van der Waals surface area contributed by atoms with Crippen LogP contribution in [0, 0.1) is 13.8 Å². The molecule has 0 bridgehead atoms. The number of anilines is 1. The van der Waals surface area contributed by atoms with Gasteiger partial charge in [0.25, 0.3) is 0 Å². The van der Waals surface area contributed by atoms with Gasteiger partial charge in [0.1, 0.15) is 11.5 Å². The molecule has 0 radical (unpaired) electrons. The molecule has 116 valence electrons. The Labute approximate surface area is 128 Å². The lowest BCUT2D eigenvalue weighted by atomic mass is 10.0. The molecular formula is C16H18N2O4. The van der Waals surface area contributed by atoms with Crippen LogP contribution in [0.25, 0.3) is 11.1 Å². The number of nitrogens with zero attached hydrogens (tertiary/aromatic N) is 2. The molecule has 1 unspecified atom stereocenters. The van der Waals surface area contributed by atoms with Crippen molar-refractivity contribution < 1.29 is 19.2 Å². The normalized spacial score (nSPS) is 17.0. The summed E-state index contributed by atoms with van der Waals surface area (Å²) in [6.07, 6.45) is -0.836. The average molecular weight is 302 g/mol. The van der Waals surface area contributed by atoms with Crippen LogP contribution >= 0.6 is 0 Å². The Morgan fingerprint density at radius 2 is 2.23 bits per heavy atom. The van der Waals surface area contributed by atoms with Gasteiger partial charge in [-0.25, -0.2) is 4.79 Å². The Morgan fingerprint density at radius 1 is 1.45 bits per heavy atom. The molecule has 1 aliphatic heterocycles. The first-order valence-corrected chi connectivity index (χ1v) is 7.23. The van der Waals surface area contributed by atoms with Crippen LogP contribution < -0.4 is 9.64 Å². The van der Waals surface area contributed by atoms with Crippen LogP contribution in [0.2, 0.25) is 0 Å². The molecule has 6 heteroatoms. The van der Waals surface area contributed by atoms with Gasteiger partial charge in [0, 0.05) is 12.1 Å². The molecule has 0 saturated heterocycles. The van der Waals surface area contributed by atoms with Crippen molar-refractivity contribution in [3.8, 4) is 16.9 Å². The van der Waals surface area contributed by atoms with E-state index in [1.54, 1.807) is 0 Å². The number of carboxylic acid groups (broad SMARTS) is 1. The first-order chi connectivity index (χ1) is 10.5. The van der Waals surface area contributed by atoms with Crippen LogP contribution in [0.1, 0.15) is 18.4 Å². The Kier molecular flexibility index (Phi) is 3.52. The predicted octanol–water partition coefficient (Wildman–Crippen LogP) is 2.63. The van der Waals surface area contributed by atoms with Crippen molar-refractivity contribution >= 4 is 11.7 Å². The molecule has 0 fully saturated rings. The molecule has 1 aliphatic rings. The first-order valence-electron chi connectivity index (χ1n) is 7.23. The Bertz CT molecular complexity index is 703. The van der Waals surface area contributed by atoms with E-state index in [1.165, 1.54) is 0 Å². The first kappa shape index (κ1) is 14.4. The number of ether oxygens (including phenoxy) is 1. The van der Waals surface area contributed by atoms with E-state index in [9.17, 15) is 9.90 Å². The summed E-state index contributed by atoms with van der Waals surface area (Å²) in [6, 6.07) is 5.72. The standard InChI is InChI=1S/C16H18N2O4/c1-4-18-8-14(16(19)20)21-13-6-5-11(7-12(13)18)15-9(2)17-22-10(15)3/h5-7,14H,4,8H2,1-3H3,(H,19,20). The molecule has 0 amide bonds. The van der Waals surface area contributed by atoms with Crippen LogP contribution in [0.3, 0.4) is 0 Å². The van der Waals surface area contributed by atoms with E-state index in [4.69, 9.17) is 9.26 Å². The van der Waals surface area contributed by atoms with Gasteiger partial charge in [-0.2, -0.15) is 0 Å². The number of carbonyl (C=O) groups is 1. The maximum atomic E-state index is 11.2. The lowest BCUT2D eigenvalue weighted by Gasteiger charge is -2.34. The summed E-state index contributed by atoms with van der Waals surface area (Å²) in [7, 11) is 0. The molecule has 6 nitrogen and oxygen atoms in total. The van der Waals surface area contributed by atoms with E-state index in [0.717, 1.165) is 28.3 Å². The molecule has 1 aromatic heterocycles. The summed E-state index contributed by atoms with van der Waals surface area (Å²) in [4.78, 5) is 13.2. The lowest BCUT2D eigenvalue weighted by Crippen LogP contribution is -2.44. The molecule has 3 rings (SSSR count). The highest BCUT2D eigenvalue weighted by atomic mass is 16.5. The molecule has 0 spiro atoms. The third-order valence-electron chi connectivity index (χ3n) is 3.93. The minimum absolute atomic E-state index is 0.337. The smallest absolute Gasteiger partial charge is 0.346 e. The SMILES string of the molecule is CCN1CC(C(=O)O)Oc2ccc(-c3c(C)noc3C)cc21. The number of hydrogen-bond donors (Lipinski definition) is 1. The van der Waals surface area contributed by atoms with Gasteiger partial charge in [-0.05, 0) is 38.5 Å². The van der Waals surface area contributed by atoms with Gasteiger partial charge in [0.05, 0.1) is 17.9 Å². The highest BCUT2D eigenvalue weighted by molar-refractivity contribution is 5.79.